The molecule has 0 radical (unpaired) electrons. The van der Waals surface area contributed by atoms with Crippen LogP contribution in [0.2, 0.25) is 0 Å². The highest BCUT2D eigenvalue weighted by atomic mass is 16.2. The SMILES string of the molecule is CNC(=O)C(NC(=O)CCN)C(C)C. The maximum Gasteiger partial charge on any atom is 0.242 e. The second kappa shape index (κ2) is 6.37. The summed E-state index contributed by atoms with van der Waals surface area (Å²) in [5.74, 6) is -0.295. The van der Waals surface area contributed by atoms with Gasteiger partial charge in [0.1, 0.15) is 6.04 Å². The van der Waals surface area contributed by atoms with Crippen LogP contribution in [0.25, 0.3) is 0 Å². The van der Waals surface area contributed by atoms with Crippen molar-refractivity contribution in [2.45, 2.75) is 26.3 Å². The summed E-state index contributed by atoms with van der Waals surface area (Å²) < 4.78 is 0. The Kier molecular flexibility index (Phi) is 5.87. The van der Waals surface area contributed by atoms with Gasteiger partial charge in [-0.15, -0.1) is 0 Å². The molecule has 0 saturated heterocycles. The highest BCUT2D eigenvalue weighted by Crippen LogP contribution is 2.01. The highest BCUT2D eigenvalue weighted by molar-refractivity contribution is 5.87. The first-order valence-electron chi connectivity index (χ1n) is 4.74. The number of likely N-dealkylation sites (N-methyl/N-ethyl adjacent to an activating group) is 1. The van der Waals surface area contributed by atoms with E-state index in [-0.39, 0.29) is 24.2 Å². The van der Waals surface area contributed by atoms with Crippen molar-refractivity contribution in [2.24, 2.45) is 11.7 Å². The Morgan fingerprint density at radius 2 is 1.93 bits per heavy atom. The minimum Gasteiger partial charge on any atom is -0.357 e. The van der Waals surface area contributed by atoms with Crippen LogP contribution in [-0.2, 0) is 9.59 Å². The Labute approximate surface area is 84.4 Å². The Morgan fingerprint density at radius 1 is 1.36 bits per heavy atom. The predicted molar refractivity (Wildman–Crippen MR) is 54.5 cm³/mol. The lowest BCUT2D eigenvalue weighted by atomic mass is 10.0. The fourth-order valence-corrected chi connectivity index (χ4v) is 1.07. The topological polar surface area (TPSA) is 84.2 Å². The average molecular weight is 201 g/mol. The van der Waals surface area contributed by atoms with Crippen LogP contribution >= 0.6 is 0 Å². The van der Waals surface area contributed by atoms with Crippen LogP contribution in [0.1, 0.15) is 20.3 Å². The molecule has 4 N–H and O–H groups in total. The summed E-state index contributed by atoms with van der Waals surface area (Å²) in [5, 5.41) is 5.15. The molecule has 14 heavy (non-hydrogen) atoms. The second-order valence-electron chi connectivity index (χ2n) is 3.44. The normalized spacial score (nSPS) is 12.4. The molecule has 0 bridgehead atoms. The van der Waals surface area contributed by atoms with Crippen LogP contribution in [0.4, 0.5) is 0 Å². The predicted octanol–water partition coefficient (Wildman–Crippen LogP) is -0.778. The van der Waals surface area contributed by atoms with E-state index in [4.69, 9.17) is 5.73 Å². The van der Waals surface area contributed by atoms with Gasteiger partial charge in [-0.3, -0.25) is 9.59 Å². The molecule has 0 saturated carbocycles. The summed E-state index contributed by atoms with van der Waals surface area (Å²) in [6.07, 6.45) is 0.250. The first-order valence-corrected chi connectivity index (χ1v) is 4.74. The van der Waals surface area contributed by atoms with Gasteiger partial charge in [0, 0.05) is 20.0 Å². The fourth-order valence-electron chi connectivity index (χ4n) is 1.07. The summed E-state index contributed by atoms with van der Waals surface area (Å²) in [4.78, 5) is 22.5. The zero-order chi connectivity index (χ0) is 11.1. The Balaban J connectivity index is 4.23. The van der Waals surface area contributed by atoms with Crippen LogP contribution in [0.3, 0.4) is 0 Å². The van der Waals surface area contributed by atoms with Crippen molar-refractivity contribution < 1.29 is 9.59 Å². The molecule has 5 heteroatoms. The van der Waals surface area contributed by atoms with Gasteiger partial charge < -0.3 is 16.4 Å². The minimum atomic E-state index is -0.473. The third-order valence-electron chi connectivity index (χ3n) is 1.88. The molecule has 0 fully saturated rings. The molecule has 0 rings (SSSR count). The van der Waals surface area contributed by atoms with E-state index in [2.05, 4.69) is 10.6 Å². The third kappa shape index (κ3) is 4.23. The molecule has 0 aromatic heterocycles. The van der Waals surface area contributed by atoms with E-state index in [0.717, 1.165) is 0 Å². The smallest absolute Gasteiger partial charge is 0.242 e. The van der Waals surface area contributed by atoms with Gasteiger partial charge in [0.15, 0.2) is 0 Å². The van der Waals surface area contributed by atoms with Crippen molar-refractivity contribution in [3.8, 4) is 0 Å². The van der Waals surface area contributed by atoms with Gasteiger partial charge in [-0.2, -0.15) is 0 Å². The number of rotatable bonds is 5. The zero-order valence-electron chi connectivity index (χ0n) is 8.96. The molecule has 1 atom stereocenters. The van der Waals surface area contributed by atoms with Crippen LogP contribution in [0.5, 0.6) is 0 Å². The van der Waals surface area contributed by atoms with Gasteiger partial charge in [0.25, 0.3) is 0 Å². The fraction of sp³-hybridized carbons (Fsp3) is 0.778. The molecular weight excluding hydrogens is 182 g/mol. The quantitative estimate of drug-likeness (QED) is 0.545. The second-order valence-corrected chi connectivity index (χ2v) is 3.44. The molecule has 0 aliphatic rings. The van der Waals surface area contributed by atoms with Gasteiger partial charge in [0.05, 0.1) is 0 Å². The molecule has 0 heterocycles. The Hall–Kier alpha value is -1.10. The first kappa shape index (κ1) is 12.9. The van der Waals surface area contributed by atoms with Crippen LogP contribution < -0.4 is 16.4 Å². The van der Waals surface area contributed by atoms with Crippen LogP contribution in [0.15, 0.2) is 0 Å². The van der Waals surface area contributed by atoms with Gasteiger partial charge in [-0.05, 0) is 5.92 Å². The van der Waals surface area contributed by atoms with Gasteiger partial charge >= 0.3 is 0 Å². The zero-order valence-corrected chi connectivity index (χ0v) is 8.96. The Morgan fingerprint density at radius 3 is 2.29 bits per heavy atom. The summed E-state index contributed by atoms with van der Waals surface area (Å²) >= 11 is 0. The van der Waals surface area contributed by atoms with E-state index in [0.29, 0.717) is 6.54 Å². The molecular formula is C9H19N3O2. The molecule has 82 valence electrons. The lowest BCUT2D eigenvalue weighted by Crippen LogP contribution is -2.49. The van der Waals surface area contributed by atoms with E-state index in [1.807, 2.05) is 13.8 Å². The molecule has 2 amide bonds. The Bertz CT molecular complexity index is 204. The number of amides is 2. The molecule has 0 aromatic carbocycles. The van der Waals surface area contributed by atoms with Crippen LogP contribution in [-0.4, -0.2) is 31.4 Å². The van der Waals surface area contributed by atoms with E-state index >= 15 is 0 Å². The van der Waals surface area contributed by atoms with E-state index in [9.17, 15) is 9.59 Å². The van der Waals surface area contributed by atoms with Crippen molar-refractivity contribution in [3.05, 3.63) is 0 Å². The van der Waals surface area contributed by atoms with Crippen molar-refractivity contribution in [1.82, 2.24) is 10.6 Å². The minimum absolute atomic E-state index is 0.0664. The maximum atomic E-state index is 11.3. The van der Waals surface area contributed by atoms with E-state index in [1.54, 1.807) is 7.05 Å². The maximum absolute atomic E-state index is 11.3. The third-order valence-corrected chi connectivity index (χ3v) is 1.88. The van der Waals surface area contributed by atoms with Crippen molar-refractivity contribution in [1.29, 1.82) is 0 Å². The first-order chi connectivity index (χ1) is 6.52. The number of carbonyl (C=O) groups excluding carboxylic acids is 2. The molecule has 0 aromatic rings. The average Bonchev–Trinajstić information content (AvgIpc) is 2.13. The number of nitrogens with one attached hydrogen (secondary N) is 2. The molecule has 0 spiro atoms. The molecule has 5 nitrogen and oxygen atoms in total. The number of carbonyl (C=O) groups is 2. The summed E-state index contributed by atoms with van der Waals surface area (Å²) in [6, 6.07) is -0.473. The van der Waals surface area contributed by atoms with Gasteiger partial charge in [-0.25, -0.2) is 0 Å². The van der Waals surface area contributed by atoms with Crippen molar-refractivity contribution in [3.63, 3.8) is 0 Å². The van der Waals surface area contributed by atoms with Gasteiger partial charge in [0.2, 0.25) is 11.8 Å². The molecule has 0 aliphatic heterocycles. The monoisotopic (exact) mass is 201 g/mol. The number of nitrogens with two attached hydrogens (primary N) is 1. The van der Waals surface area contributed by atoms with Gasteiger partial charge in [-0.1, -0.05) is 13.8 Å². The van der Waals surface area contributed by atoms with E-state index in [1.165, 1.54) is 0 Å². The summed E-state index contributed by atoms with van der Waals surface area (Å²) in [7, 11) is 1.55. The largest absolute Gasteiger partial charge is 0.357 e. The lowest BCUT2D eigenvalue weighted by Gasteiger charge is -2.20. The van der Waals surface area contributed by atoms with Crippen LogP contribution in [0, 0.1) is 5.92 Å². The van der Waals surface area contributed by atoms with Crippen molar-refractivity contribution >= 4 is 11.8 Å². The lowest BCUT2D eigenvalue weighted by molar-refractivity contribution is -0.129. The summed E-state index contributed by atoms with van der Waals surface area (Å²) in [6.45, 7) is 4.05. The number of hydrogen-bond acceptors (Lipinski definition) is 3. The van der Waals surface area contributed by atoms with E-state index < -0.39 is 6.04 Å². The molecule has 1 unspecified atom stereocenters. The molecule has 0 aliphatic carbocycles. The standard InChI is InChI=1S/C9H19N3O2/c1-6(2)8(9(14)11-3)12-7(13)4-5-10/h6,8H,4-5,10H2,1-3H3,(H,11,14)(H,12,13). The summed E-state index contributed by atoms with van der Waals surface area (Å²) in [5.41, 5.74) is 5.23. The number of hydrogen-bond donors (Lipinski definition) is 3. The van der Waals surface area contributed by atoms with Crippen molar-refractivity contribution in [2.75, 3.05) is 13.6 Å². The highest BCUT2D eigenvalue weighted by Gasteiger charge is 2.22.